The number of nitrogens with one attached hydrogen (secondary N) is 1. The van der Waals surface area contributed by atoms with Crippen LogP contribution in [0.2, 0.25) is 5.02 Å². The zero-order valence-corrected chi connectivity index (χ0v) is 14.3. The summed E-state index contributed by atoms with van der Waals surface area (Å²) in [5.74, 6) is 0.107. The monoisotopic (exact) mass is 344 g/mol. The number of halogens is 1. The van der Waals surface area contributed by atoms with Crippen LogP contribution < -0.4 is 5.32 Å². The minimum absolute atomic E-state index is 0.167. The van der Waals surface area contributed by atoms with Crippen LogP contribution in [0.15, 0.2) is 29.2 Å². The Hall–Kier alpha value is -1.11. The number of benzene rings is 1. The Morgan fingerprint density at radius 2 is 2.00 bits per heavy atom. The molecule has 1 amide bonds. The van der Waals surface area contributed by atoms with Crippen molar-refractivity contribution in [3.05, 3.63) is 29.3 Å². The maximum absolute atomic E-state index is 12.7. The summed E-state index contributed by atoms with van der Waals surface area (Å²) in [6.45, 7) is 4.91. The lowest BCUT2D eigenvalue weighted by atomic mass is 10.2. The van der Waals surface area contributed by atoms with Gasteiger partial charge in [-0.05, 0) is 43.0 Å². The van der Waals surface area contributed by atoms with Crippen molar-refractivity contribution in [2.75, 3.05) is 13.1 Å². The van der Waals surface area contributed by atoms with Gasteiger partial charge in [-0.2, -0.15) is 4.31 Å². The van der Waals surface area contributed by atoms with Gasteiger partial charge >= 0.3 is 0 Å². The first-order chi connectivity index (χ1) is 10.3. The molecule has 1 N–H and O–H groups in total. The number of carbonyl (C=O) groups is 1. The van der Waals surface area contributed by atoms with E-state index in [0.29, 0.717) is 36.9 Å². The number of sulfonamides is 1. The smallest absolute Gasteiger partial charge is 0.243 e. The Labute approximate surface area is 136 Å². The van der Waals surface area contributed by atoms with Gasteiger partial charge in [-0.25, -0.2) is 8.42 Å². The van der Waals surface area contributed by atoms with E-state index in [1.807, 2.05) is 13.8 Å². The fraction of sp³-hybridized carbons (Fsp3) is 0.533. The summed E-state index contributed by atoms with van der Waals surface area (Å²) < 4.78 is 26.7. The lowest BCUT2D eigenvalue weighted by Gasteiger charge is -2.23. The summed E-state index contributed by atoms with van der Waals surface area (Å²) in [5, 5.41) is 3.30. The largest absolute Gasteiger partial charge is 0.354 e. The molecule has 1 aromatic carbocycles. The molecule has 1 aliphatic heterocycles. The highest BCUT2D eigenvalue weighted by Crippen LogP contribution is 2.27. The van der Waals surface area contributed by atoms with Crippen LogP contribution in [0, 0.1) is 5.92 Å². The van der Waals surface area contributed by atoms with Crippen molar-refractivity contribution >= 4 is 27.5 Å². The molecule has 1 saturated heterocycles. The standard InChI is InChI=1S/C15H21ClN2O3S/c1-11(2)10-17-15(19)14-4-3-9-18(14)22(20,21)13-7-5-12(16)6-8-13/h5-8,11,14H,3-4,9-10H2,1-2H3,(H,17,19)/t14-/m0/s1. The van der Waals surface area contributed by atoms with Crippen LogP contribution in [-0.2, 0) is 14.8 Å². The zero-order chi connectivity index (χ0) is 16.3. The molecular weight excluding hydrogens is 324 g/mol. The summed E-state index contributed by atoms with van der Waals surface area (Å²) in [7, 11) is -3.67. The minimum Gasteiger partial charge on any atom is -0.354 e. The Morgan fingerprint density at radius 1 is 1.36 bits per heavy atom. The van der Waals surface area contributed by atoms with Crippen molar-refractivity contribution < 1.29 is 13.2 Å². The third-order valence-electron chi connectivity index (χ3n) is 3.61. The molecule has 0 aliphatic carbocycles. The number of hydrogen-bond acceptors (Lipinski definition) is 3. The van der Waals surface area contributed by atoms with Crippen LogP contribution in [0.1, 0.15) is 26.7 Å². The lowest BCUT2D eigenvalue weighted by Crippen LogP contribution is -2.46. The summed E-state index contributed by atoms with van der Waals surface area (Å²) in [6, 6.07) is 5.40. The van der Waals surface area contributed by atoms with Crippen molar-refractivity contribution in [3.8, 4) is 0 Å². The third kappa shape index (κ3) is 3.80. The number of nitrogens with zero attached hydrogens (tertiary/aromatic N) is 1. The first-order valence-corrected chi connectivity index (χ1v) is 9.19. The third-order valence-corrected chi connectivity index (χ3v) is 5.79. The van der Waals surface area contributed by atoms with Crippen molar-refractivity contribution in [1.29, 1.82) is 0 Å². The summed E-state index contributed by atoms with van der Waals surface area (Å²) in [4.78, 5) is 12.4. The van der Waals surface area contributed by atoms with Crippen LogP contribution in [0.5, 0.6) is 0 Å². The Kier molecular flexibility index (Phi) is 5.47. The highest BCUT2D eigenvalue weighted by Gasteiger charge is 2.39. The summed E-state index contributed by atoms with van der Waals surface area (Å²) in [6.07, 6.45) is 1.24. The molecule has 1 fully saturated rings. The SMILES string of the molecule is CC(C)CNC(=O)[C@@H]1CCCN1S(=O)(=O)c1ccc(Cl)cc1. The molecule has 0 unspecified atom stereocenters. The van der Waals surface area contributed by atoms with E-state index < -0.39 is 16.1 Å². The van der Waals surface area contributed by atoms with Crippen LogP contribution in [0.3, 0.4) is 0 Å². The highest BCUT2D eigenvalue weighted by molar-refractivity contribution is 7.89. The second-order valence-electron chi connectivity index (χ2n) is 5.87. The van der Waals surface area contributed by atoms with Gasteiger partial charge in [0.2, 0.25) is 15.9 Å². The number of hydrogen-bond donors (Lipinski definition) is 1. The minimum atomic E-state index is -3.67. The predicted octanol–water partition coefficient (Wildman–Crippen LogP) is 2.27. The molecule has 0 saturated carbocycles. The molecule has 7 heteroatoms. The molecule has 1 heterocycles. The van der Waals surface area contributed by atoms with Gasteiger partial charge in [-0.1, -0.05) is 25.4 Å². The highest BCUT2D eigenvalue weighted by atomic mass is 35.5. The molecule has 0 radical (unpaired) electrons. The van der Waals surface area contributed by atoms with Crippen molar-refractivity contribution in [2.45, 2.75) is 37.6 Å². The molecule has 22 heavy (non-hydrogen) atoms. The van der Waals surface area contributed by atoms with E-state index in [1.54, 1.807) is 12.1 Å². The average molecular weight is 345 g/mol. The van der Waals surface area contributed by atoms with Crippen LogP contribution >= 0.6 is 11.6 Å². The first-order valence-electron chi connectivity index (χ1n) is 7.37. The van der Waals surface area contributed by atoms with E-state index >= 15 is 0 Å². The molecule has 1 aliphatic rings. The summed E-state index contributed by atoms with van der Waals surface area (Å²) >= 11 is 5.80. The molecular formula is C15H21ClN2O3S. The maximum Gasteiger partial charge on any atom is 0.243 e. The molecule has 1 aromatic rings. The van der Waals surface area contributed by atoms with Gasteiger partial charge in [0.05, 0.1) is 4.90 Å². The van der Waals surface area contributed by atoms with Gasteiger partial charge in [0.1, 0.15) is 6.04 Å². The number of rotatable bonds is 5. The van der Waals surface area contributed by atoms with Gasteiger partial charge < -0.3 is 5.32 Å². The van der Waals surface area contributed by atoms with Crippen LogP contribution in [0.4, 0.5) is 0 Å². The second kappa shape index (κ2) is 6.98. The molecule has 1 atom stereocenters. The summed E-state index contributed by atoms with van der Waals surface area (Å²) in [5.41, 5.74) is 0. The van der Waals surface area contributed by atoms with Crippen LogP contribution in [-0.4, -0.2) is 37.8 Å². The second-order valence-corrected chi connectivity index (χ2v) is 8.19. The first kappa shape index (κ1) is 17.2. The van der Waals surface area contributed by atoms with E-state index in [0.717, 1.165) is 0 Å². The van der Waals surface area contributed by atoms with E-state index in [4.69, 9.17) is 11.6 Å². The fourth-order valence-corrected chi connectivity index (χ4v) is 4.24. The molecule has 2 rings (SSSR count). The van der Waals surface area contributed by atoms with Gasteiger partial charge in [0, 0.05) is 18.1 Å². The molecule has 0 bridgehead atoms. The van der Waals surface area contributed by atoms with Gasteiger partial charge in [0.25, 0.3) is 0 Å². The molecule has 122 valence electrons. The van der Waals surface area contributed by atoms with Crippen molar-refractivity contribution in [3.63, 3.8) is 0 Å². The molecule has 0 aromatic heterocycles. The van der Waals surface area contributed by atoms with Crippen molar-refractivity contribution in [1.82, 2.24) is 9.62 Å². The lowest BCUT2D eigenvalue weighted by molar-refractivity contribution is -0.124. The normalized spacial score (nSPS) is 19.5. The van der Waals surface area contributed by atoms with E-state index in [2.05, 4.69) is 5.32 Å². The van der Waals surface area contributed by atoms with Crippen molar-refractivity contribution in [2.24, 2.45) is 5.92 Å². The Morgan fingerprint density at radius 3 is 2.59 bits per heavy atom. The number of carbonyl (C=O) groups excluding carboxylic acids is 1. The number of amides is 1. The predicted molar refractivity (Wildman–Crippen MR) is 86.2 cm³/mol. The van der Waals surface area contributed by atoms with Crippen LogP contribution in [0.25, 0.3) is 0 Å². The quantitative estimate of drug-likeness (QED) is 0.891. The topological polar surface area (TPSA) is 66.5 Å². The molecule has 5 nitrogen and oxygen atoms in total. The van der Waals surface area contributed by atoms with Gasteiger partial charge in [-0.3, -0.25) is 4.79 Å². The Balaban J connectivity index is 2.18. The van der Waals surface area contributed by atoms with E-state index in [-0.39, 0.29) is 10.8 Å². The van der Waals surface area contributed by atoms with E-state index in [1.165, 1.54) is 16.4 Å². The zero-order valence-electron chi connectivity index (χ0n) is 12.8. The molecule has 0 spiro atoms. The fourth-order valence-electron chi connectivity index (χ4n) is 2.45. The Bertz CT molecular complexity index is 629. The van der Waals surface area contributed by atoms with Gasteiger partial charge in [0.15, 0.2) is 0 Å². The maximum atomic E-state index is 12.7. The van der Waals surface area contributed by atoms with E-state index in [9.17, 15) is 13.2 Å². The van der Waals surface area contributed by atoms with Gasteiger partial charge in [-0.15, -0.1) is 0 Å². The average Bonchev–Trinajstić information content (AvgIpc) is 2.95.